The third-order valence-electron chi connectivity index (χ3n) is 3.95. The van der Waals surface area contributed by atoms with Gasteiger partial charge in [0.25, 0.3) is 0 Å². The van der Waals surface area contributed by atoms with Gasteiger partial charge in [0.2, 0.25) is 5.95 Å². The van der Waals surface area contributed by atoms with Crippen LogP contribution in [0.25, 0.3) is 0 Å². The van der Waals surface area contributed by atoms with Gasteiger partial charge in [-0.2, -0.15) is 4.98 Å². The van der Waals surface area contributed by atoms with Crippen LogP contribution in [0.5, 0.6) is 0 Å². The summed E-state index contributed by atoms with van der Waals surface area (Å²) in [5.41, 5.74) is 0. The van der Waals surface area contributed by atoms with Crippen molar-refractivity contribution in [2.45, 2.75) is 25.4 Å². The number of piperidine rings is 1. The predicted molar refractivity (Wildman–Crippen MR) is 100 cm³/mol. The molecule has 0 spiro atoms. The molecule has 1 aliphatic rings. The largest absolute Gasteiger partial charge is 0.363 e. The fourth-order valence-electron chi connectivity index (χ4n) is 2.82. The van der Waals surface area contributed by atoms with Gasteiger partial charge in [0.05, 0.1) is 3.79 Å². The monoisotopic (exact) mass is 395 g/mol. The van der Waals surface area contributed by atoms with Crippen LogP contribution in [0.1, 0.15) is 17.7 Å². The van der Waals surface area contributed by atoms with Gasteiger partial charge in [-0.25, -0.2) is 4.98 Å². The van der Waals surface area contributed by atoms with Gasteiger partial charge in [-0.15, -0.1) is 11.3 Å². The number of aromatic nitrogens is 2. The van der Waals surface area contributed by atoms with Crippen LogP contribution in [-0.2, 0) is 6.54 Å². The van der Waals surface area contributed by atoms with Crippen molar-refractivity contribution in [3.05, 3.63) is 33.1 Å². The number of nitrogens with zero attached hydrogens (tertiary/aromatic N) is 4. The van der Waals surface area contributed by atoms with E-state index in [1.54, 1.807) is 0 Å². The first kappa shape index (κ1) is 16.7. The van der Waals surface area contributed by atoms with Crippen molar-refractivity contribution < 1.29 is 0 Å². The molecule has 3 rings (SSSR count). The highest BCUT2D eigenvalue weighted by Gasteiger charge is 2.21. The lowest BCUT2D eigenvalue weighted by molar-refractivity contribution is 0.210. The topological polar surface area (TPSA) is 44.3 Å². The average Bonchev–Trinajstić information content (AvgIpc) is 2.93. The van der Waals surface area contributed by atoms with E-state index in [4.69, 9.17) is 0 Å². The third kappa shape index (κ3) is 4.65. The SMILES string of the molecule is CN(C)c1ccnc(NC2CCCN(Cc3ccc(Br)s3)C2)n1. The number of hydrogen-bond acceptors (Lipinski definition) is 6. The number of anilines is 2. The molecule has 1 fully saturated rings. The summed E-state index contributed by atoms with van der Waals surface area (Å²) in [7, 11) is 3.99. The Hall–Kier alpha value is -1.18. The molecule has 1 N–H and O–H groups in total. The van der Waals surface area contributed by atoms with Gasteiger partial charge < -0.3 is 10.2 Å². The Bertz CT molecular complexity index is 645. The quantitative estimate of drug-likeness (QED) is 0.839. The fraction of sp³-hybridized carbons (Fsp3) is 0.500. The normalized spacial score (nSPS) is 18.8. The van der Waals surface area contributed by atoms with E-state index in [1.165, 1.54) is 21.5 Å². The van der Waals surface area contributed by atoms with E-state index in [2.05, 4.69) is 48.2 Å². The number of hydrogen-bond donors (Lipinski definition) is 1. The van der Waals surface area contributed by atoms with Crippen LogP contribution < -0.4 is 10.2 Å². The van der Waals surface area contributed by atoms with E-state index in [-0.39, 0.29) is 0 Å². The Morgan fingerprint density at radius 2 is 2.26 bits per heavy atom. The Labute approximate surface area is 149 Å². The lowest BCUT2D eigenvalue weighted by Gasteiger charge is -2.32. The molecule has 2 aromatic rings. The molecule has 1 unspecified atom stereocenters. The van der Waals surface area contributed by atoms with Gasteiger partial charge in [-0.1, -0.05) is 0 Å². The number of thiophene rings is 1. The summed E-state index contributed by atoms with van der Waals surface area (Å²) in [6, 6.07) is 6.66. The predicted octanol–water partition coefficient (Wildman–Crippen LogP) is 3.44. The zero-order valence-electron chi connectivity index (χ0n) is 13.5. The molecule has 0 amide bonds. The van der Waals surface area contributed by atoms with Crippen molar-refractivity contribution in [2.75, 3.05) is 37.4 Å². The van der Waals surface area contributed by atoms with Crippen LogP contribution in [-0.4, -0.2) is 48.1 Å². The molecule has 7 heteroatoms. The second kappa shape index (κ2) is 7.59. The minimum atomic E-state index is 0.407. The highest BCUT2D eigenvalue weighted by atomic mass is 79.9. The molecule has 124 valence electrons. The summed E-state index contributed by atoms with van der Waals surface area (Å²) in [6.45, 7) is 3.21. The highest BCUT2D eigenvalue weighted by molar-refractivity contribution is 9.11. The van der Waals surface area contributed by atoms with E-state index in [0.717, 1.165) is 31.4 Å². The molecule has 1 atom stereocenters. The first-order chi connectivity index (χ1) is 11.1. The molecule has 1 aliphatic heterocycles. The van der Waals surface area contributed by atoms with Gasteiger partial charge >= 0.3 is 0 Å². The molecule has 23 heavy (non-hydrogen) atoms. The molecule has 1 saturated heterocycles. The van der Waals surface area contributed by atoms with Crippen molar-refractivity contribution in [3.63, 3.8) is 0 Å². The Balaban J connectivity index is 1.59. The number of nitrogens with one attached hydrogen (secondary N) is 1. The number of rotatable bonds is 5. The Morgan fingerprint density at radius 1 is 1.39 bits per heavy atom. The molecular formula is C16H22BrN5S. The minimum absolute atomic E-state index is 0.407. The van der Waals surface area contributed by atoms with Crippen molar-refractivity contribution in [3.8, 4) is 0 Å². The lowest BCUT2D eigenvalue weighted by atomic mass is 10.1. The lowest BCUT2D eigenvalue weighted by Crippen LogP contribution is -2.41. The van der Waals surface area contributed by atoms with Crippen LogP contribution in [0.15, 0.2) is 28.2 Å². The molecular weight excluding hydrogens is 374 g/mol. The molecule has 3 heterocycles. The van der Waals surface area contributed by atoms with E-state index in [1.807, 2.05) is 42.6 Å². The van der Waals surface area contributed by atoms with E-state index < -0.39 is 0 Å². The minimum Gasteiger partial charge on any atom is -0.363 e. The van der Waals surface area contributed by atoms with Gasteiger partial charge in [-0.3, -0.25) is 4.90 Å². The fourth-order valence-corrected chi connectivity index (χ4v) is 4.35. The smallest absolute Gasteiger partial charge is 0.224 e. The molecule has 0 aromatic carbocycles. The maximum Gasteiger partial charge on any atom is 0.224 e. The number of halogens is 1. The van der Waals surface area contributed by atoms with Crippen LogP contribution >= 0.6 is 27.3 Å². The van der Waals surface area contributed by atoms with E-state index >= 15 is 0 Å². The van der Waals surface area contributed by atoms with Crippen molar-refractivity contribution in [1.29, 1.82) is 0 Å². The van der Waals surface area contributed by atoms with E-state index in [0.29, 0.717) is 6.04 Å². The van der Waals surface area contributed by atoms with Gasteiger partial charge in [0.15, 0.2) is 0 Å². The summed E-state index contributed by atoms with van der Waals surface area (Å²) in [4.78, 5) is 14.8. The first-order valence-corrected chi connectivity index (χ1v) is 9.44. The summed E-state index contributed by atoms with van der Waals surface area (Å²) >= 11 is 5.35. The van der Waals surface area contributed by atoms with Crippen LogP contribution in [0, 0.1) is 0 Å². The molecule has 5 nitrogen and oxygen atoms in total. The van der Waals surface area contributed by atoms with Crippen LogP contribution in [0.2, 0.25) is 0 Å². The van der Waals surface area contributed by atoms with Crippen LogP contribution in [0.4, 0.5) is 11.8 Å². The van der Waals surface area contributed by atoms with Crippen molar-refractivity contribution in [1.82, 2.24) is 14.9 Å². The highest BCUT2D eigenvalue weighted by Crippen LogP contribution is 2.25. The number of likely N-dealkylation sites (tertiary alicyclic amines) is 1. The molecule has 0 saturated carbocycles. The van der Waals surface area contributed by atoms with Crippen molar-refractivity contribution in [2.24, 2.45) is 0 Å². The Kier molecular flexibility index (Phi) is 5.50. The second-order valence-corrected chi connectivity index (χ2v) is 8.60. The Morgan fingerprint density at radius 3 is 3.00 bits per heavy atom. The summed E-state index contributed by atoms with van der Waals surface area (Å²) in [6.07, 6.45) is 4.19. The molecule has 0 radical (unpaired) electrons. The standard InChI is InChI=1S/C16H22BrN5S/c1-21(2)15-7-8-18-16(20-15)19-12-4-3-9-22(10-12)11-13-5-6-14(17)23-13/h5-8,12H,3-4,9-11H2,1-2H3,(H,18,19,20). The van der Waals surface area contributed by atoms with Crippen LogP contribution in [0.3, 0.4) is 0 Å². The molecule has 0 aliphatic carbocycles. The maximum atomic E-state index is 4.56. The average molecular weight is 396 g/mol. The second-order valence-electron chi connectivity index (χ2n) is 6.06. The zero-order valence-corrected chi connectivity index (χ0v) is 15.9. The molecule has 2 aromatic heterocycles. The third-order valence-corrected chi connectivity index (χ3v) is 5.55. The maximum absolute atomic E-state index is 4.56. The van der Waals surface area contributed by atoms with Gasteiger partial charge in [-0.05, 0) is 53.5 Å². The zero-order chi connectivity index (χ0) is 16.2. The van der Waals surface area contributed by atoms with E-state index in [9.17, 15) is 0 Å². The molecule has 0 bridgehead atoms. The van der Waals surface area contributed by atoms with Gasteiger partial charge in [0.1, 0.15) is 5.82 Å². The summed E-state index contributed by atoms with van der Waals surface area (Å²) in [5.74, 6) is 1.65. The first-order valence-electron chi connectivity index (χ1n) is 7.83. The van der Waals surface area contributed by atoms with Crippen molar-refractivity contribution >= 4 is 39.0 Å². The van der Waals surface area contributed by atoms with Gasteiger partial charge in [0, 0.05) is 44.3 Å². The summed E-state index contributed by atoms with van der Waals surface area (Å²) in [5, 5.41) is 3.50. The summed E-state index contributed by atoms with van der Waals surface area (Å²) < 4.78 is 1.20.